The smallest absolute Gasteiger partial charge is 0.0456 e. The van der Waals surface area contributed by atoms with Crippen LogP contribution in [0.2, 0.25) is 0 Å². The summed E-state index contributed by atoms with van der Waals surface area (Å²) in [6, 6.07) is 0. The summed E-state index contributed by atoms with van der Waals surface area (Å²) in [5.74, 6) is 4.57. The average Bonchev–Trinajstić information content (AvgIpc) is 2.49. The van der Waals surface area contributed by atoms with Crippen molar-refractivity contribution in [1.29, 1.82) is 0 Å². The van der Waals surface area contributed by atoms with Gasteiger partial charge in [0, 0.05) is 6.61 Å². The average molecular weight is 280 g/mol. The van der Waals surface area contributed by atoms with Crippen molar-refractivity contribution in [2.45, 2.75) is 84.5 Å². The van der Waals surface area contributed by atoms with E-state index in [2.05, 4.69) is 13.8 Å². The maximum absolute atomic E-state index is 9.19. The minimum atomic E-state index is 0.376. The molecule has 2 aliphatic carbocycles. The molecule has 0 spiro atoms. The molecule has 0 saturated heterocycles. The zero-order valence-corrected chi connectivity index (χ0v) is 13.8. The predicted octanol–water partition coefficient (Wildman–Crippen LogP) is 5.42. The van der Waals surface area contributed by atoms with E-state index in [0.29, 0.717) is 12.5 Å². The van der Waals surface area contributed by atoms with Gasteiger partial charge in [-0.25, -0.2) is 0 Å². The van der Waals surface area contributed by atoms with Crippen molar-refractivity contribution in [1.82, 2.24) is 0 Å². The first-order valence-corrected chi connectivity index (χ1v) is 9.33. The van der Waals surface area contributed by atoms with E-state index in [0.717, 1.165) is 23.7 Å². The van der Waals surface area contributed by atoms with Crippen LogP contribution in [0.1, 0.15) is 84.5 Å². The molecule has 1 N–H and O–H groups in total. The molecule has 118 valence electrons. The summed E-state index contributed by atoms with van der Waals surface area (Å²) in [4.78, 5) is 0. The molecule has 2 rings (SSSR count). The van der Waals surface area contributed by atoms with Crippen LogP contribution in [0.3, 0.4) is 0 Å². The topological polar surface area (TPSA) is 20.2 Å². The molecule has 1 nitrogen and oxygen atoms in total. The van der Waals surface area contributed by atoms with Crippen molar-refractivity contribution in [3.8, 4) is 0 Å². The first-order chi connectivity index (χ1) is 9.72. The molecule has 0 aromatic heterocycles. The molecule has 1 atom stereocenters. The van der Waals surface area contributed by atoms with E-state index >= 15 is 0 Å². The van der Waals surface area contributed by atoms with Crippen LogP contribution in [0, 0.1) is 29.6 Å². The highest BCUT2D eigenvalue weighted by molar-refractivity contribution is 4.82. The van der Waals surface area contributed by atoms with Gasteiger partial charge in [-0.2, -0.15) is 0 Å². The van der Waals surface area contributed by atoms with Crippen LogP contribution >= 0.6 is 0 Å². The van der Waals surface area contributed by atoms with Gasteiger partial charge in [0.05, 0.1) is 0 Å². The molecule has 0 heterocycles. The van der Waals surface area contributed by atoms with E-state index in [1.807, 2.05) is 0 Å². The predicted molar refractivity (Wildman–Crippen MR) is 86.7 cm³/mol. The fourth-order valence-electron chi connectivity index (χ4n) is 4.90. The summed E-state index contributed by atoms with van der Waals surface area (Å²) >= 11 is 0. The fraction of sp³-hybridized carbons (Fsp3) is 1.00. The van der Waals surface area contributed by atoms with Gasteiger partial charge in [-0.15, -0.1) is 0 Å². The van der Waals surface area contributed by atoms with Crippen LogP contribution in [0.15, 0.2) is 0 Å². The third kappa shape index (κ3) is 4.76. The lowest BCUT2D eigenvalue weighted by atomic mass is 9.68. The Morgan fingerprint density at radius 2 is 1.35 bits per heavy atom. The van der Waals surface area contributed by atoms with Crippen LogP contribution in [-0.2, 0) is 0 Å². The molecular weight excluding hydrogens is 244 g/mol. The van der Waals surface area contributed by atoms with Gasteiger partial charge in [0.25, 0.3) is 0 Å². The number of aliphatic hydroxyl groups is 1. The van der Waals surface area contributed by atoms with Gasteiger partial charge in [-0.1, -0.05) is 52.4 Å². The van der Waals surface area contributed by atoms with Gasteiger partial charge in [0.2, 0.25) is 0 Å². The van der Waals surface area contributed by atoms with Crippen LogP contribution in [0.25, 0.3) is 0 Å². The SMILES string of the molecule is CCCC1CCC(C2CCC(CC(C)CO)CC2)CC1. The lowest BCUT2D eigenvalue weighted by Crippen LogP contribution is -2.26. The number of hydrogen-bond acceptors (Lipinski definition) is 1. The van der Waals surface area contributed by atoms with Crippen molar-refractivity contribution in [3.63, 3.8) is 0 Å². The molecule has 0 aromatic carbocycles. The Morgan fingerprint density at radius 3 is 1.80 bits per heavy atom. The molecule has 2 saturated carbocycles. The Morgan fingerprint density at radius 1 is 0.850 bits per heavy atom. The van der Waals surface area contributed by atoms with Gasteiger partial charge < -0.3 is 5.11 Å². The lowest BCUT2D eigenvalue weighted by Gasteiger charge is -2.38. The Labute approximate surface area is 126 Å². The van der Waals surface area contributed by atoms with Crippen molar-refractivity contribution < 1.29 is 5.11 Å². The van der Waals surface area contributed by atoms with Gasteiger partial charge in [0.15, 0.2) is 0 Å². The number of hydrogen-bond donors (Lipinski definition) is 1. The van der Waals surface area contributed by atoms with E-state index in [9.17, 15) is 5.11 Å². The lowest BCUT2D eigenvalue weighted by molar-refractivity contribution is 0.128. The van der Waals surface area contributed by atoms with Crippen LogP contribution in [0.4, 0.5) is 0 Å². The van der Waals surface area contributed by atoms with Gasteiger partial charge in [0.1, 0.15) is 0 Å². The van der Waals surface area contributed by atoms with Gasteiger partial charge in [-0.05, 0) is 61.7 Å². The molecule has 2 aliphatic rings. The monoisotopic (exact) mass is 280 g/mol. The van der Waals surface area contributed by atoms with Crippen LogP contribution in [-0.4, -0.2) is 11.7 Å². The molecule has 1 heteroatoms. The minimum absolute atomic E-state index is 0.376. The Bertz CT molecular complexity index is 246. The standard InChI is InChI=1S/C19H36O/c1-3-4-16-5-9-18(10-6-16)19-11-7-17(8-12-19)13-15(2)14-20/h15-20H,3-14H2,1-2H3. The first-order valence-electron chi connectivity index (χ1n) is 9.33. The third-order valence-corrected chi connectivity index (χ3v) is 6.19. The van der Waals surface area contributed by atoms with E-state index in [4.69, 9.17) is 0 Å². The molecule has 2 fully saturated rings. The molecule has 0 amide bonds. The van der Waals surface area contributed by atoms with Crippen molar-refractivity contribution in [2.24, 2.45) is 29.6 Å². The van der Waals surface area contributed by atoms with E-state index < -0.39 is 0 Å². The van der Waals surface area contributed by atoms with Crippen LogP contribution < -0.4 is 0 Å². The van der Waals surface area contributed by atoms with E-state index in [1.165, 1.54) is 70.6 Å². The zero-order valence-electron chi connectivity index (χ0n) is 13.8. The summed E-state index contributed by atoms with van der Waals surface area (Å²) in [5, 5.41) is 9.19. The molecule has 20 heavy (non-hydrogen) atoms. The van der Waals surface area contributed by atoms with Gasteiger partial charge >= 0.3 is 0 Å². The van der Waals surface area contributed by atoms with Crippen molar-refractivity contribution >= 4 is 0 Å². The normalized spacial score (nSPS) is 36.8. The molecule has 0 bridgehead atoms. The summed E-state index contributed by atoms with van der Waals surface area (Å²) in [6.07, 6.45) is 16.0. The Balaban J connectivity index is 1.67. The van der Waals surface area contributed by atoms with E-state index in [-0.39, 0.29) is 0 Å². The highest BCUT2D eigenvalue weighted by Gasteiger charge is 2.30. The van der Waals surface area contributed by atoms with Crippen LogP contribution in [0.5, 0.6) is 0 Å². The Kier molecular flexibility index (Phi) is 6.87. The van der Waals surface area contributed by atoms with Gasteiger partial charge in [-0.3, -0.25) is 0 Å². The molecular formula is C19H36O. The molecule has 0 aromatic rings. The third-order valence-electron chi connectivity index (χ3n) is 6.19. The second kappa shape index (κ2) is 8.41. The molecule has 1 unspecified atom stereocenters. The Hall–Kier alpha value is -0.0400. The van der Waals surface area contributed by atoms with Crippen molar-refractivity contribution in [2.75, 3.05) is 6.61 Å². The summed E-state index contributed by atoms with van der Waals surface area (Å²) in [6.45, 7) is 4.91. The molecule has 0 aliphatic heterocycles. The second-order valence-corrected chi connectivity index (χ2v) is 7.87. The number of aliphatic hydroxyl groups excluding tert-OH is 1. The number of rotatable bonds is 6. The van der Waals surface area contributed by atoms with Crippen molar-refractivity contribution in [3.05, 3.63) is 0 Å². The second-order valence-electron chi connectivity index (χ2n) is 7.87. The summed E-state index contributed by atoms with van der Waals surface area (Å²) in [5.41, 5.74) is 0. The quantitative estimate of drug-likeness (QED) is 0.689. The fourth-order valence-corrected chi connectivity index (χ4v) is 4.90. The maximum Gasteiger partial charge on any atom is 0.0456 e. The zero-order chi connectivity index (χ0) is 14.4. The maximum atomic E-state index is 9.19. The highest BCUT2D eigenvalue weighted by Crippen LogP contribution is 2.43. The molecule has 0 radical (unpaired) electrons. The van der Waals surface area contributed by atoms with E-state index in [1.54, 1.807) is 0 Å². The summed E-state index contributed by atoms with van der Waals surface area (Å²) in [7, 11) is 0. The highest BCUT2D eigenvalue weighted by atomic mass is 16.3. The summed E-state index contributed by atoms with van der Waals surface area (Å²) < 4.78 is 0. The first kappa shape index (κ1) is 16.3. The largest absolute Gasteiger partial charge is 0.396 e. The minimum Gasteiger partial charge on any atom is -0.396 e.